The third kappa shape index (κ3) is 3.87. The van der Waals surface area contributed by atoms with E-state index in [-0.39, 0.29) is 5.41 Å². The van der Waals surface area contributed by atoms with Gasteiger partial charge in [-0.1, -0.05) is 26.3 Å². The zero-order valence-corrected chi connectivity index (χ0v) is 10.2. The fraction of sp³-hybridized carbons (Fsp3) is 0.750. The lowest BCUT2D eigenvalue weighted by Crippen LogP contribution is -2.21. The first-order valence-electron chi connectivity index (χ1n) is 5.33. The van der Waals surface area contributed by atoms with Crippen molar-refractivity contribution < 1.29 is 4.79 Å². The summed E-state index contributed by atoms with van der Waals surface area (Å²) in [7, 11) is 0. The largest absolute Gasteiger partial charge is 0.295 e. The first-order chi connectivity index (χ1) is 6.53. The molecule has 0 aliphatic heterocycles. The summed E-state index contributed by atoms with van der Waals surface area (Å²) in [6.07, 6.45) is 4.79. The normalized spacial score (nSPS) is 20.8. The van der Waals surface area contributed by atoms with Gasteiger partial charge in [-0.2, -0.15) is 11.8 Å². The van der Waals surface area contributed by atoms with E-state index in [9.17, 15) is 4.79 Å². The zero-order chi connectivity index (χ0) is 10.6. The fourth-order valence-electron chi connectivity index (χ4n) is 1.99. The van der Waals surface area contributed by atoms with Crippen molar-refractivity contribution in [3.05, 3.63) is 11.6 Å². The van der Waals surface area contributed by atoms with Gasteiger partial charge in [-0.05, 0) is 35.8 Å². The molecular formula is C12H20OS. The molecule has 1 aliphatic rings. The minimum Gasteiger partial charge on any atom is -0.295 e. The van der Waals surface area contributed by atoms with Crippen molar-refractivity contribution in [2.75, 3.05) is 11.5 Å². The van der Waals surface area contributed by atoms with Gasteiger partial charge >= 0.3 is 0 Å². The highest BCUT2D eigenvalue weighted by molar-refractivity contribution is 7.99. The van der Waals surface area contributed by atoms with Crippen LogP contribution in [-0.2, 0) is 4.79 Å². The molecule has 2 heteroatoms. The predicted molar refractivity (Wildman–Crippen MR) is 63.7 cm³/mol. The molecule has 0 aromatic rings. The summed E-state index contributed by atoms with van der Waals surface area (Å²) >= 11 is 1.95. The first-order valence-corrected chi connectivity index (χ1v) is 6.49. The molecule has 0 unspecified atom stereocenters. The second-order valence-corrected chi connectivity index (χ2v) is 6.13. The SMILES string of the molecule is CCSCCC1=CC(=O)CC(C)(C)C1. The minimum atomic E-state index is 0.193. The van der Waals surface area contributed by atoms with Crippen molar-refractivity contribution in [2.24, 2.45) is 5.41 Å². The lowest BCUT2D eigenvalue weighted by Gasteiger charge is -2.28. The first kappa shape index (κ1) is 11.8. The zero-order valence-electron chi connectivity index (χ0n) is 9.43. The number of hydrogen-bond donors (Lipinski definition) is 0. The van der Waals surface area contributed by atoms with Crippen molar-refractivity contribution >= 4 is 17.5 Å². The van der Waals surface area contributed by atoms with Crippen LogP contribution in [-0.4, -0.2) is 17.3 Å². The van der Waals surface area contributed by atoms with Crippen molar-refractivity contribution in [1.29, 1.82) is 0 Å². The van der Waals surface area contributed by atoms with Crippen LogP contribution in [0.1, 0.15) is 40.0 Å². The predicted octanol–water partition coefficient (Wildman–Crippen LogP) is 3.45. The summed E-state index contributed by atoms with van der Waals surface area (Å²) in [6.45, 7) is 6.55. The standard InChI is InChI=1S/C12H20OS/c1-4-14-6-5-10-7-11(13)9-12(2,3)8-10/h7H,4-6,8-9H2,1-3H3. The van der Waals surface area contributed by atoms with Gasteiger partial charge in [-0.25, -0.2) is 0 Å². The van der Waals surface area contributed by atoms with E-state index in [1.54, 1.807) is 0 Å². The van der Waals surface area contributed by atoms with Crippen LogP contribution in [0.15, 0.2) is 11.6 Å². The van der Waals surface area contributed by atoms with E-state index in [2.05, 4.69) is 20.8 Å². The number of carbonyl (C=O) groups is 1. The van der Waals surface area contributed by atoms with Gasteiger partial charge in [0.1, 0.15) is 0 Å². The Bertz CT molecular complexity index is 241. The Balaban J connectivity index is 2.48. The van der Waals surface area contributed by atoms with Crippen molar-refractivity contribution in [3.63, 3.8) is 0 Å². The molecule has 0 bridgehead atoms. The molecule has 1 aliphatic carbocycles. The molecule has 0 atom stereocenters. The van der Waals surface area contributed by atoms with Gasteiger partial charge in [0.25, 0.3) is 0 Å². The minimum absolute atomic E-state index is 0.193. The Morgan fingerprint density at radius 2 is 2.14 bits per heavy atom. The van der Waals surface area contributed by atoms with Crippen molar-refractivity contribution in [3.8, 4) is 0 Å². The van der Waals surface area contributed by atoms with Crippen LogP contribution in [0.2, 0.25) is 0 Å². The van der Waals surface area contributed by atoms with Gasteiger partial charge in [0.15, 0.2) is 5.78 Å². The lowest BCUT2D eigenvalue weighted by molar-refractivity contribution is -0.117. The molecule has 0 N–H and O–H groups in total. The molecule has 0 saturated heterocycles. The molecule has 0 radical (unpaired) electrons. The molecular weight excluding hydrogens is 192 g/mol. The molecule has 1 rings (SSSR count). The Morgan fingerprint density at radius 3 is 2.71 bits per heavy atom. The third-order valence-corrected chi connectivity index (χ3v) is 3.40. The Hall–Kier alpha value is -0.240. The van der Waals surface area contributed by atoms with E-state index in [0.29, 0.717) is 5.78 Å². The van der Waals surface area contributed by atoms with Crippen LogP contribution < -0.4 is 0 Å². The van der Waals surface area contributed by atoms with Gasteiger partial charge in [0.2, 0.25) is 0 Å². The quantitative estimate of drug-likeness (QED) is 0.664. The van der Waals surface area contributed by atoms with Gasteiger partial charge in [-0.15, -0.1) is 0 Å². The Morgan fingerprint density at radius 1 is 1.43 bits per heavy atom. The second-order valence-electron chi connectivity index (χ2n) is 4.73. The Labute approximate surface area is 91.3 Å². The Kier molecular flexibility index (Phi) is 4.24. The van der Waals surface area contributed by atoms with Crippen LogP contribution >= 0.6 is 11.8 Å². The molecule has 1 nitrogen and oxygen atoms in total. The summed E-state index contributed by atoms with van der Waals surface area (Å²) in [6, 6.07) is 0. The van der Waals surface area contributed by atoms with Gasteiger partial charge in [0, 0.05) is 6.42 Å². The molecule has 0 fully saturated rings. The highest BCUT2D eigenvalue weighted by atomic mass is 32.2. The second kappa shape index (κ2) is 5.01. The van der Waals surface area contributed by atoms with Crippen LogP contribution in [0.4, 0.5) is 0 Å². The van der Waals surface area contributed by atoms with E-state index in [1.807, 2.05) is 17.8 Å². The number of allylic oxidation sites excluding steroid dienone is 2. The molecule has 0 saturated carbocycles. The van der Waals surface area contributed by atoms with E-state index in [0.717, 1.165) is 25.0 Å². The molecule has 14 heavy (non-hydrogen) atoms. The smallest absolute Gasteiger partial charge is 0.156 e. The number of rotatable bonds is 4. The van der Waals surface area contributed by atoms with E-state index in [4.69, 9.17) is 0 Å². The number of ketones is 1. The number of thioether (sulfide) groups is 1. The topological polar surface area (TPSA) is 17.1 Å². The van der Waals surface area contributed by atoms with E-state index >= 15 is 0 Å². The summed E-state index contributed by atoms with van der Waals surface area (Å²) in [5.74, 6) is 2.65. The number of carbonyl (C=O) groups excluding carboxylic acids is 1. The highest BCUT2D eigenvalue weighted by Gasteiger charge is 2.26. The molecule has 0 aromatic heterocycles. The molecule has 0 amide bonds. The van der Waals surface area contributed by atoms with Crippen molar-refractivity contribution in [2.45, 2.75) is 40.0 Å². The maximum Gasteiger partial charge on any atom is 0.156 e. The monoisotopic (exact) mass is 212 g/mol. The summed E-state index contributed by atoms with van der Waals surface area (Å²) in [5.41, 5.74) is 1.55. The van der Waals surface area contributed by atoms with E-state index in [1.165, 1.54) is 11.3 Å². The van der Waals surface area contributed by atoms with E-state index < -0.39 is 0 Å². The molecule has 80 valence electrons. The molecule has 0 aromatic carbocycles. The lowest BCUT2D eigenvalue weighted by atomic mass is 9.76. The van der Waals surface area contributed by atoms with Crippen LogP contribution in [0.25, 0.3) is 0 Å². The number of hydrogen-bond acceptors (Lipinski definition) is 2. The van der Waals surface area contributed by atoms with Crippen LogP contribution in [0.3, 0.4) is 0 Å². The molecule has 0 spiro atoms. The summed E-state index contributed by atoms with van der Waals surface area (Å²) in [5, 5.41) is 0. The summed E-state index contributed by atoms with van der Waals surface area (Å²) in [4.78, 5) is 11.4. The maximum atomic E-state index is 11.4. The fourth-order valence-corrected chi connectivity index (χ4v) is 2.68. The van der Waals surface area contributed by atoms with Crippen molar-refractivity contribution in [1.82, 2.24) is 0 Å². The molecule has 0 heterocycles. The highest BCUT2D eigenvalue weighted by Crippen LogP contribution is 2.35. The summed E-state index contributed by atoms with van der Waals surface area (Å²) < 4.78 is 0. The van der Waals surface area contributed by atoms with Gasteiger partial charge in [-0.3, -0.25) is 4.79 Å². The third-order valence-electron chi connectivity index (χ3n) is 2.50. The van der Waals surface area contributed by atoms with Crippen LogP contribution in [0, 0.1) is 5.41 Å². The maximum absolute atomic E-state index is 11.4. The average molecular weight is 212 g/mol. The van der Waals surface area contributed by atoms with Crippen LogP contribution in [0.5, 0.6) is 0 Å². The van der Waals surface area contributed by atoms with Gasteiger partial charge in [0.05, 0.1) is 0 Å². The van der Waals surface area contributed by atoms with Gasteiger partial charge < -0.3 is 0 Å². The average Bonchev–Trinajstić information content (AvgIpc) is 2.00.